The maximum atomic E-state index is 10.2. The lowest BCUT2D eigenvalue weighted by Gasteiger charge is -1.99. The van der Waals surface area contributed by atoms with Crippen molar-refractivity contribution in [3.8, 4) is 23.0 Å². The molecule has 0 aromatic heterocycles. The lowest BCUT2D eigenvalue weighted by molar-refractivity contribution is -0.122. The smallest absolute Gasteiger partial charge is 0.335 e. The normalized spacial score (nSPS) is 8.70. The molecule has 0 atom stereocenters. The van der Waals surface area contributed by atoms with Gasteiger partial charge in [-0.25, -0.2) is 14.4 Å². The molecule has 0 saturated carbocycles. The summed E-state index contributed by atoms with van der Waals surface area (Å²) in [4.78, 5) is 39.0. The number of hydrogen-bond donors (Lipinski definition) is 8. The number of benzene rings is 4. The Morgan fingerprint density at radius 3 is 0.750 bits per heavy atom. The summed E-state index contributed by atoms with van der Waals surface area (Å²) in [5, 5.41) is 66.9. The highest BCUT2D eigenvalue weighted by molar-refractivity contribution is 5.88. The van der Waals surface area contributed by atoms with E-state index in [0.29, 0.717) is 16.7 Å². The standard InChI is InChI=1S/3C7H6O2.C6H6O4.CH2O2/c3*8-7(9)6-4-2-1-3-5-6;7-3-1-4(8)6(10)2-5(3)9;2-1-3/h3*1-5H,(H,8,9);1-2,7-10H;1H,(H,2,3). The topological polar surface area (TPSA) is 230 Å². The van der Waals surface area contributed by atoms with Gasteiger partial charge in [0.1, 0.15) is 0 Å². The van der Waals surface area contributed by atoms with Gasteiger partial charge in [0.2, 0.25) is 0 Å². The van der Waals surface area contributed by atoms with Gasteiger partial charge in [-0.1, -0.05) is 54.6 Å². The highest BCUT2D eigenvalue weighted by atomic mass is 16.4. The van der Waals surface area contributed by atoms with Crippen molar-refractivity contribution in [2.24, 2.45) is 0 Å². The lowest BCUT2D eigenvalue weighted by Crippen LogP contribution is -1.93. The van der Waals surface area contributed by atoms with E-state index in [9.17, 15) is 14.4 Å². The first-order chi connectivity index (χ1) is 18.9. The summed E-state index contributed by atoms with van der Waals surface area (Å²) in [6, 6.07) is 26.6. The van der Waals surface area contributed by atoms with Crippen molar-refractivity contribution in [1.82, 2.24) is 0 Å². The Kier molecular flexibility index (Phi) is 16.2. The fourth-order valence-corrected chi connectivity index (χ4v) is 2.30. The third-order valence-corrected chi connectivity index (χ3v) is 4.13. The van der Waals surface area contributed by atoms with E-state index in [1.165, 1.54) is 0 Å². The average molecular weight is 555 g/mol. The second-order valence-corrected chi connectivity index (χ2v) is 6.95. The summed E-state index contributed by atoms with van der Waals surface area (Å²) in [7, 11) is 0. The Bertz CT molecular complexity index is 1160. The van der Waals surface area contributed by atoms with E-state index in [1.54, 1.807) is 91.0 Å². The van der Waals surface area contributed by atoms with Gasteiger partial charge in [0.05, 0.1) is 16.7 Å². The predicted octanol–water partition coefficient (Wildman–Crippen LogP) is 4.36. The number of carboxylic acid groups (broad SMARTS) is 4. The molecule has 0 amide bonds. The van der Waals surface area contributed by atoms with Gasteiger partial charge in [0.25, 0.3) is 6.47 Å². The Hall–Kier alpha value is -6.04. The van der Waals surface area contributed by atoms with Crippen LogP contribution in [0.3, 0.4) is 0 Å². The van der Waals surface area contributed by atoms with Crippen LogP contribution in [0.1, 0.15) is 31.1 Å². The van der Waals surface area contributed by atoms with Crippen molar-refractivity contribution in [3.63, 3.8) is 0 Å². The molecule has 4 aromatic rings. The number of phenolic OH excluding ortho intramolecular Hbond substituents is 4. The van der Waals surface area contributed by atoms with E-state index in [-0.39, 0.29) is 6.47 Å². The van der Waals surface area contributed by atoms with Gasteiger partial charge >= 0.3 is 17.9 Å². The Morgan fingerprint density at radius 1 is 0.450 bits per heavy atom. The molecule has 12 heteroatoms. The molecule has 4 rings (SSSR count). The van der Waals surface area contributed by atoms with Crippen LogP contribution in [0, 0.1) is 0 Å². The van der Waals surface area contributed by atoms with Crippen molar-refractivity contribution >= 4 is 24.4 Å². The molecule has 0 radical (unpaired) electrons. The maximum absolute atomic E-state index is 10.2. The highest BCUT2D eigenvalue weighted by Crippen LogP contribution is 2.35. The zero-order valence-corrected chi connectivity index (χ0v) is 20.6. The first-order valence-electron chi connectivity index (χ1n) is 10.8. The Labute approximate surface area is 227 Å². The monoisotopic (exact) mass is 554 g/mol. The number of aromatic hydroxyl groups is 4. The summed E-state index contributed by atoms with van der Waals surface area (Å²) < 4.78 is 0. The van der Waals surface area contributed by atoms with E-state index in [1.807, 2.05) is 0 Å². The number of carbonyl (C=O) groups is 4. The molecule has 4 aromatic carbocycles. The summed E-state index contributed by atoms with van der Waals surface area (Å²) >= 11 is 0. The van der Waals surface area contributed by atoms with E-state index in [4.69, 9.17) is 45.6 Å². The molecule has 0 spiro atoms. The van der Waals surface area contributed by atoms with Crippen LogP contribution in [0.5, 0.6) is 23.0 Å². The summed E-state index contributed by atoms with van der Waals surface area (Å²) in [6.45, 7) is -0.250. The second-order valence-electron chi connectivity index (χ2n) is 6.95. The summed E-state index contributed by atoms with van der Waals surface area (Å²) in [5.41, 5.74) is 0.993. The number of hydrogen-bond acceptors (Lipinski definition) is 8. The number of rotatable bonds is 3. The van der Waals surface area contributed by atoms with Gasteiger partial charge in [-0.15, -0.1) is 0 Å². The molecule has 0 aliphatic rings. The van der Waals surface area contributed by atoms with Crippen LogP contribution in [0.15, 0.2) is 103 Å². The first-order valence-corrected chi connectivity index (χ1v) is 10.8. The molecule has 0 bridgehead atoms. The zero-order chi connectivity index (χ0) is 30.5. The van der Waals surface area contributed by atoms with Crippen molar-refractivity contribution < 1.29 is 60.0 Å². The van der Waals surface area contributed by atoms with E-state index >= 15 is 0 Å². The molecule has 0 aliphatic carbocycles. The molecular weight excluding hydrogens is 528 g/mol. The van der Waals surface area contributed by atoms with Crippen LogP contribution in [-0.2, 0) is 4.79 Å². The summed E-state index contributed by atoms with van der Waals surface area (Å²) in [5.74, 6) is -4.49. The largest absolute Gasteiger partial charge is 0.504 e. The highest BCUT2D eigenvalue weighted by Gasteiger charge is 2.04. The quantitative estimate of drug-likeness (QED) is 0.100. The Morgan fingerprint density at radius 2 is 0.625 bits per heavy atom. The zero-order valence-electron chi connectivity index (χ0n) is 20.6. The molecule has 210 valence electrons. The minimum absolute atomic E-state index is 0.250. The molecule has 12 nitrogen and oxygen atoms in total. The van der Waals surface area contributed by atoms with E-state index in [0.717, 1.165) is 12.1 Å². The molecule has 0 unspecified atom stereocenters. The van der Waals surface area contributed by atoms with E-state index < -0.39 is 40.9 Å². The maximum Gasteiger partial charge on any atom is 0.335 e. The van der Waals surface area contributed by atoms with Gasteiger partial charge in [0.15, 0.2) is 23.0 Å². The number of carboxylic acids is 3. The van der Waals surface area contributed by atoms with Crippen LogP contribution in [0.4, 0.5) is 0 Å². The second kappa shape index (κ2) is 19.1. The fraction of sp³-hybridized carbons (Fsp3) is 0. The number of aromatic carboxylic acids is 3. The molecule has 0 fully saturated rings. The van der Waals surface area contributed by atoms with Crippen LogP contribution in [-0.4, -0.2) is 65.2 Å². The molecule has 0 saturated heterocycles. The molecule has 0 aliphatic heterocycles. The number of phenols is 4. The first kappa shape index (κ1) is 34.0. The SMILES string of the molecule is O=C(O)c1ccccc1.O=C(O)c1ccccc1.O=C(O)c1ccccc1.O=CO.Oc1cc(O)c(O)cc1O. The van der Waals surface area contributed by atoms with E-state index in [2.05, 4.69) is 0 Å². The third kappa shape index (κ3) is 14.5. The fourth-order valence-electron chi connectivity index (χ4n) is 2.30. The van der Waals surface area contributed by atoms with Gasteiger partial charge in [-0.05, 0) is 36.4 Å². The van der Waals surface area contributed by atoms with Crippen molar-refractivity contribution in [2.75, 3.05) is 0 Å². The average Bonchev–Trinajstić information content (AvgIpc) is 2.95. The molecule has 40 heavy (non-hydrogen) atoms. The summed E-state index contributed by atoms with van der Waals surface area (Å²) in [6.07, 6.45) is 0. The van der Waals surface area contributed by atoms with Crippen molar-refractivity contribution in [3.05, 3.63) is 120 Å². The Balaban J connectivity index is 0.000000491. The minimum atomic E-state index is -0.879. The van der Waals surface area contributed by atoms with Crippen LogP contribution >= 0.6 is 0 Å². The van der Waals surface area contributed by atoms with Crippen molar-refractivity contribution in [1.29, 1.82) is 0 Å². The van der Waals surface area contributed by atoms with Gasteiger partial charge in [-0.2, -0.15) is 0 Å². The van der Waals surface area contributed by atoms with Crippen LogP contribution in [0.2, 0.25) is 0 Å². The lowest BCUT2D eigenvalue weighted by atomic mass is 10.2. The predicted molar refractivity (Wildman–Crippen MR) is 142 cm³/mol. The molecule has 8 N–H and O–H groups in total. The van der Waals surface area contributed by atoms with Gasteiger partial charge in [-0.3, -0.25) is 4.79 Å². The molecule has 0 heterocycles. The van der Waals surface area contributed by atoms with Gasteiger partial charge in [0, 0.05) is 12.1 Å². The minimum Gasteiger partial charge on any atom is -0.504 e. The third-order valence-electron chi connectivity index (χ3n) is 4.13. The van der Waals surface area contributed by atoms with Crippen LogP contribution < -0.4 is 0 Å². The van der Waals surface area contributed by atoms with Crippen LogP contribution in [0.25, 0.3) is 0 Å². The van der Waals surface area contributed by atoms with Crippen molar-refractivity contribution in [2.45, 2.75) is 0 Å². The van der Waals surface area contributed by atoms with Gasteiger partial charge < -0.3 is 40.9 Å². The molecular formula is C28H26O12.